The quantitative estimate of drug-likeness (QED) is 0.539. The molecule has 1 aromatic heterocycles. The van der Waals surface area contributed by atoms with Gasteiger partial charge in [-0.05, 0) is 29.5 Å². The number of hydrogen-bond donors (Lipinski definition) is 0. The van der Waals surface area contributed by atoms with Gasteiger partial charge in [-0.3, -0.25) is 14.4 Å². The van der Waals surface area contributed by atoms with E-state index in [1.54, 1.807) is 31.2 Å². The van der Waals surface area contributed by atoms with E-state index in [0.717, 1.165) is 0 Å². The zero-order valence-corrected chi connectivity index (χ0v) is 12.7. The van der Waals surface area contributed by atoms with Gasteiger partial charge in [-0.1, -0.05) is 12.1 Å². The van der Waals surface area contributed by atoms with Crippen LogP contribution in [0.4, 0.5) is 0 Å². The predicted octanol–water partition coefficient (Wildman–Crippen LogP) is 0.0776. The van der Waals surface area contributed by atoms with Crippen molar-refractivity contribution in [3.8, 4) is 0 Å². The molecule has 2 heterocycles. The molecule has 0 N–H and O–H groups in total. The van der Waals surface area contributed by atoms with Crippen molar-refractivity contribution in [2.75, 3.05) is 13.2 Å². The standard InChI is InChI=1S/C14H13N5O5/c1-2-23-14(22)11-15-16-17-18(11)7-8-24-19-12(20)9-5-3-4-6-10(9)13(19)21/h3-6H,2,7-8H2,1H3. The highest BCUT2D eigenvalue weighted by atomic mass is 16.7. The van der Waals surface area contributed by atoms with Crippen LogP contribution in [0.3, 0.4) is 0 Å². The van der Waals surface area contributed by atoms with Gasteiger partial charge in [0.1, 0.15) is 0 Å². The Morgan fingerprint density at radius 3 is 2.46 bits per heavy atom. The van der Waals surface area contributed by atoms with E-state index >= 15 is 0 Å². The summed E-state index contributed by atoms with van der Waals surface area (Å²) in [5.41, 5.74) is 0.578. The Bertz CT molecular complexity index is 767. The van der Waals surface area contributed by atoms with Crippen LogP contribution in [0.25, 0.3) is 0 Å². The molecule has 1 aliphatic heterocycles. The lowest BCUT2D eigenvalue weighted by Crippen LogP contribution is -2.31. The van der Waals surface area contributed by atoms with Crippen LogP contribution in [0.5, 0.6) is 0 Å². The topological polar surface area (TPSA) is 117 Å². The lowest BCUT2D eigenvalue weighted by Gasteiger charge is -2.13. The molecule has 124 valence electrons. The number of ether oxygens (including phenoxy) is 1. The maximum absolute atomic E-state index is 12.1. The van der Waals surface area contributed by atoms with Crippen LogP contribution in [0, 0.1) is 0 Å². The van der Waals surface area contributed by atoms with Crippen molar-refractivity contribution < 1.29 is 24.0 Å². The third kappa shape index (κ3) is 2.74. The number of carbonyl (C=O) groups excluding carboxylic acids is 3. The Morgan fingerprint density at radius 2 is 1.83 bits per heavy atom. The van der Waals surface area contributed by atoms with Gasteiger partial charge in [0.15, 0.2) is 0 Å². The number of amides is 2. The first-order valence-electron chi connectivity index (χ1n) is 7.17. The van der Waals surface area contributed by atoms with Gasteiger partial charge < -0.3 is 4.74 Å². The fourth-order valence-electron chi connectivity index (χ4n) is 2.20. The average molecular weight is 331 g/mol. The van der Waals surface area contributed by atoms with Crippen molar-refractivity contribution in [1.29, 1.82) is 0 Å². The summed E-state index contributed by atoms with van der Waals surface area (Å²) < 4.78 is 6.00. The van der Waals surface area contributed by atoms with E-state index in [0.29, 0.717) is 5.06 Å². The SMILES string of the molecule is CCOC(=O)c1nnnn1CCON1C(=O)c2ccccc2C1=O. The van der Waals surface area contributed by atoms with Gasteiger partial charge in [-0.2, -0.15) is 0 Å². The fraction of sp³-hybridized carbons (Fsp3) is 0.286. The molecule has 0 spiro atoms. The Balaban J connectivity index is 1.63. The number of imide groups is 1. The Morgan fingerprint density at radius 1 is 1.17 bits per heavy atom. The molecule has 0 saturated carbocycles. The number of rotatable bonds is 6. The summed E-state index contributed by atoms with van der Waals surface area (Å²) in [6.45, 7) is 1.84. The van der Waals surface area contributed by atoms with E-state index in [4.69, 9.17) is 9.57 Å². The minimum absolute atomic E-state index is 0.0640. The molecule has 0 saturated heterocycles. The van der Waals surface area contributed by atoms with E-state index in [-0.39, 0.29) is 36.7 Å². The Hall–Kier alpha value is -3.14. The number of tetrazole rings is 1. The first kappa shape index (κ1) is 15.7. The maximum Gasteiger partial charge on any atom is 0.378 e. The van der Waals surface area contributed by atoms with Crippen LogP contribution in [-0.4, -0.2) is 56.3 Å². The summed E-state index contributed by atoms with van der Waals surface area (Å²) in [6, 6.07) is 6.44. The Kier molecular flexibility index (Phi) is 4.29. The number of nitrogens with zero attached hydrogens (tertiary/aromatic N) is 5. The summed E-state index contributed by atoms with van der Waals surface area (Å²) in [7, 11) is 0. The van der Waals surface area contributed by atoms with Gasteiger partial charge in [0.2, 0.25) is 0 Å². The molecule has 0 unspecified atom stereocenters. The number of hydroxylamine groups is 2. The van der Waals surface area contributed by atoms with Crippen LogP contribution < -0.4 is 0 Å². The monoisotopic (exact) mass is 331 g/mol. The van der Waals surface area contributed by atoms with Crippen molar-refractivity contribution in [3.05, 3.63) is 41.2 Å². The highest BCUT2D eigenvalue weighted by Gasteiger charge is 2.36. The first-order valence-corrected chi connectivity index (χ1v) is 7.17. The summed E-state index contributed by atoms with van der Waals surface area (Å²) in [4.78, 5) is 41.1. The van der Waals surface area contributed by atoms with Gasteiger partial charge in [0.05, 0.1) is 30.9 Å². The number of fused-ring (bicyclic) bond motifs is 1. The zero-order chi connectivity index (χ0) is 17.1. The molecule has 0 bridgehead atoms. The number of esters is 1. The smallest absolute Gasteiger partial charge is 0.378 e. The van der Waals surface area contributed by atoms with Crippen LogP contribution in [-0.2, 0) is 16.1 Å². The van der Waals surface area contributed by atoms with E-state index < -0.39 is 17.8 Å². The summed E-state index contributed by atoms with van der Waals surface area (Å²) >= 11 is 0. The minimum atomic E-state index is -0.664. The molecule has 0 fully saturated rings. The molecule has 0 aliphatic carbocycles. The summed E-state index contributed by atoms with van der Waals surface area (Å²) in [5, 5.41) is 11.3. The molecule has 24 heavy (non-hydrogen) atoms. The second kappa shape index (κ2) is 6.54. The molecule has 3 rings (SSSR count). The van der Waals surface area contributed by atoms with E-state index in [1.807, 2.05) is 0 Å². The molecule has 10 nitrogen and oxygen atoms in total. The van der Waals surface area contributed by atoms with Crippen LogP contribution in [0.1, 0.15) is 38.3 Å². The number of carbonyl (C=O) groups is 3. The van der Waals surface area contributed by atoms with Gasteiger partial charge in [0.25, 0.3) is 17.6 Å². The highest BCUT2D eigenvalue weighted by molar-refractivity contribution is 6.20. The molecule has 0 atom stereocenters. The van der Waals surface area contributed by atoms with Gasteiger partial charge in [-0.15, -0.1) is 10.2 Å². The second-order valence-corrected chi connectivity index (χ2v) is 4.73. The number of benzene rings is 1. The number of hydrogen-bond acceptors (Lipinski definition) is 8. The second-order valence-electron chi connectivity index (χ2n) is 4.73. The minimum Gasteiger partial charge on any atom is -0.460 e. The fourth-order valence-corrected chi connectivity index (χ4v) is 2.20. The van der Waals surface area contributed by atoms with Gasteiger partial charge >= 0.3 is 5.97 Å². The molecule has 0 radical (unpaired) electrons. The van der Waals surface area contributed by atoms with E-state index in [2.05, 4.69) is 15.5 Å². The number of aromatic nitrogens is 4. The highest BCUT2D eigenvalue weighted by Crippen LogP contribution is 2.22. The Labute approximate surface area is 135 Å². The molecule has 1 aliphatic rings. The van der Waals surface area contributed by atoms with E-state index in [9.17, 15) is 14.4 Å². The molecular formula is C14H13N5O5. The summed E-state index contributed by atoms with van der Waals surface area (Å²) in [5.74, 6) is -1.80. The lowest BCUT2D eigenvalue weighted by molar-refractivity contribution is -0.0943. The zero-order valence-electron chi connectivity index (χ0n) is 12.7. The van der Waals surface area contributed by atoms with Crippen molar-refractivity contribution in [2.24, 2.45) is 0 Å². The summed E-state index contributed by atoms with van der Waals surface area (Å²) in [6.07, 6.45) is 0. The van der Waals surface area contributed by atoms with E-state index in [1.165, 1.54) is 4.68 Å². The van der Waals surface area contributed by atoms with Crippen LogP contribution in [0.2, 0.25) is 0 Å². The van der Waals surface area contributed by atoms with Gasteiger partial charge in [0, 0.05) is 0 Å². The third-order valence-electron chi connectivity index (χ3n) is 3.27. The van der Waals surface area contributed by atoms with Crippen molar-refractivity contribution in [3.63, 3.8) is 0 Å². The van der Waals surface area contributed by atoms with Crippen molar-refractivity contribution in [1.82, 2.24) is 25.3 Å². The van der Waals surface area contributed by atoms with Gasteiger partial charge in [-0.25, -0.2) is 9.48 Å². The third-order valence-corrected chi connectivity index (χ3v) is 3.27. The largest absolute Gasteiger partial charge is 0.460 e. The van der Waals surface area contributed by atoms with Crippen LogP contribution in [0.15, 0.2) is 24.3 Å². The average Bonchev–Trinajstić information content (AvgIpc) is 3.14. The molecule has 1 aromatic carbocycles. The van der Waals surface area contributed by atoms with Crippen LogP contribution >= 0.6 is 0 Å². The molecule has 2 aromatic rings. The first-order chi connectivity index (χ1) is 11.6. The predicted molar refractivity (Wildman–Crippen MR) is 76.7 cm³/mol. The molecule has 10 heteroatoms. The maximum atomic E-state index is 12.1. The normalized spacial score (nSPS) is 13.3. The van der Waals surface area contributed by atoms with Crippen molar-refractivity contribution >= 4 is 17.8 Å². The lowest BCUT2D eigenvalue weighted by atomic mass is 10.1. The van der Waals surface area contributed by atoms with Crippen molar-refractivity contribution in [2.45, 2.75) is 13.5 Å². The molecule has 2 amide bonds. The molecular weight excluding hydrogens is 318 g/mol.